The van der Waals surface area contributed by atoms with Gasteiger partial charge in [-0.05, 0) is 13.8 Å². The quantitative estimate of drug-likeness (QED) is 0.626. The van der Waals surface area contributed by atoms with E-state index >= 15 is 0 Å². The lowest BCUT2D eigenvalue weighted by atomic mass is 9.96. The second-order valence-corrected chi connectivity index (χ2v) is 4.22. The number of aromatic nitrogens is 2. The summed E-state index contributed by atoms with van der Waals surface area (Å²) in [6.45, 7) is 11.9. The van der Waals surface area contributed by atoms with Gasteiger partial charge in [-0.3, -0.25) is 0 Å². The Morgan fingerprint density at radius 1 is 1.42 bits per heavy atom. The van der Waals surface area contributed by atoms with E-state index in [9.17, 15) is 0 Å². The third-order valence-corrected chi connectivity index (χ3v) is 2.04. The van der Waals surface area contributed by atoms with Gasteiger partial charge in [0.15, 0.2) is 0 Å². The summed E-state index contributed by atoms with van der Waals surface area (Å²) in [6, 6.07) is 0. The maximum Gasteiger partial charge on any atom is 0.114 e. The van der Waals surface area contributed by atoms with Crippen LogP contribution in [0.4, 0.5) is 0 Å². The minimum Gasteiger partial charge on any atom is -0.332 e. The van der Waals surface area contributed by atoms with Gasteiger partial charge < -0.3 is 4.57 Å². The Hall–Kier alpha value is -0.790. The van der Waals surface area contributed by atoms with E-state index in [2.05, 4.69) is 44.2 Å². The third kappa shape index (κ3) is 1.52. The van der Waals surface area contributed by atoms with Gasteiger partial charge in [0.1, 0.15) is 5.82 Å². The van der Waals surface area contributed by atoms with E-state index < -0.39 is 0 Å². The molecule has 0 N–H and O–H groups in total. The third-order valence-electron chi connectivity index (χ3n) is 2.04. The van der Waals surface area contributed by atoms with Crippen molar-refractivity contribution in [2.75, 3.05) is 0 Å². The summed E-state index contributed by atoms with van der Waals surface area (Å²) in [7, 11) is 0. The molecule has 1 heterocycles. The number of rotatable bonds is 1. The van der Waals surface area contributed by atoms with E-state index in [0.29, 0.717) is 0 Å². The van der Waals surface area contributed by atoms with E-state index in [1.807, 2.05) is 6.20 Å². The summed E-state index contributed by atoms with van der Waals surface area (Å²) in [5, 5.41) is 0. The molecule has 1 aromatic heterocycles. The summed E-state index contributed by atoms with van der Waals surface area (Å²) < 4.78 is 2.26. The average Bonchev–Trinajstić information content (AvgIpc) is 2.29. The zero-order chi connectivity index (χ0) is 9.35. The lowest BCUT2D eigenvalue weighted by Crippen LogP contribution is -2.19. The SMILES string of the molecule is CCn1c(C)cnc1C(C)(C)C. The van der Waals surface area contributed by atoms with Gasteiger partial charge >= 0.3 is 0 Å². The summed E-state index contributed by atoms with van der Waals surface area (Å²) >= 11 is 0. The van der Waals surface area contributed by atoms with Gasteiger partial charge in [0.2, 0.25) is 0 Å². The van der Waals surface area contributed by atoms with Crippen LogP contribution in [0.3, 0.4) is 0 Å². The standard InChI is InChI=1S/C10H18N2/c1-6-12-8(2)7-11-9(12)10(3,4)5/h7H,6H2,1-5H3. The normalized spacial score (nSPS) is 12.1. The highest BCUT2D eigenvalue weighted by atomic mass is 15.1. The molecule has 2 nitrogen and oxygen atoms in total. The van der Waals surface area contributed by atoms with Crippen LogP contribution in [0.5, 0.6) is 0 Å². The van der Waals surface area contributed by atoms with Gasteiger partial charge in [0, 0.05) is 23.9 Å². The molecule has 0 atom stereocenters. The van der Waals surface area contributed by atoms with Crippen molar-refractivity contribution in [2.45, 2.75) is 46.6 Å². The largest absolute Gasteiger partial charge is 0.332 e. The smallest absolute Gasteiger partial charge is 0.114 e. The van der Waals surface area contributed by atoms with Gasteiger partial charge in [0.05, 0.1) is 0 Å². The van der Waals surface area contributed by atoms with Crippen molar-refractivity contribution < 1.29 is 0 Å². The highest BCUT2D eigenvalue weighted by Crippen LogP contribution is 2.21. The number of hydrogen-bond donors (Lipinski definition) is 0. The van der Waals surface area contributed by atoms with Crippen LogP contribution in [0, 0.1) is 6.92 Å². The minimum absolute atomic E-state index is 0.157. The highest BCUT2D eigenvalue weighted by Gasteiger charge is 2.20. The number of imidazole rings is 1. The maximum atomic E-state index is 4.42. The van der Waals surface area contributed by atoms with Gasteiger partial charge in [-0.25, -0.2) is 4.98 Å². The van der Waals surface area contributed by atoms with Crippen LogP contribution in [0.2, 0.25) is 0 Å². The molecule has 0 amide bonds. The molecule has 12 heavy (non-hydrogen) atoms. The molecule has 1 aromatic rings. The Balaban J connectivity index is 3.16. The maximum absolute atomic E-state index is 4.42. The molecule has 0 aromatic carbocycles. The molecule has 68 valence electrons. The Bertz CT molecular complexity index is 266. The first kappa shape index (κ1) is 9.30. The number of nitrogens with zero attached hydrogens (tertiary/aromatic N) is 2. The van der Waals surface area contributed by atoms with Gasteiger partial charge in [-0.15, -0.1) is 0 Å². The molecule has 0 aliphatic carbocycles. The van der Waals surface area contributed by atoms with E-state index in [1.165, 1.54) is 11.5 Å². The second-order valence-electron chi connectivity index (χ2n) is 4.22. The minimum atomic E-state index is 0.157. The zero-order valence-electron chi connectivity index (χ0n) is 8.68. The van der Waals surface area contributed by atoms with E-state index in [-0.39, 0.29) is 5.41 Å². The molecule has 0 unspecified atom stereocenters. The van der Waals surface area contributed by atoms with Crippen LogP contribution in [0.15, 0.2) is 6.20 Å². The van der Waals surface area contributed by atoms with Crippen LogP contribution < -0.4 is 0 Å². The fourth-order valence-electron chi connectivity index (χ4n) is 1.46. The molecular weight excluding hydrogens is 148 g/mol. The summed E-state index contributed by atoms with van der Waals surface area (Å²) in [5.41, 5.74) is 1.41. The zero-order valence-corrected chi connectivity index (χ0v) is 8.68. The van der Waals surface area contributed by atoms with Crippen molar-refractivity contribution >= 4 is 0 Å². The molecule has 0 radical (unpaired) electrons. The Labute approximate surface area is 74.6 Å². The average molecular weight is 166 g/mol. The van der Waals surface area contributed by atoms with Crippen molar-refractivity contribution in [1.29, 1.82) is 0 Å². The van der Waals surface area contributed by atoms with Crippen molar-refractivity contribution in [1.82, 2.24) is 9.55 Å². The first-order valence-electron chi connectivity index (χ1n) is 4.49. The predicted octanol–water partition coefficient (Wildman–Crippen LogP) is 2.51. The van der Waals surface area contributed by atoms with Gasteiger partial charge in [0.25, 0.3) is 0 Å². The Morgan fingerprint density at radius 3 is 2.33 bits per heavy atom. The topological polar surface area (TPSA) is 17.8 Å². The number of hydrogen-bond acceptors (Lipinski definition) is 1. The van der Waals surface area contributed by atoms with Gasteiger partial charge in [-0.1, -0.05) is 20.8 Å². The van der Waals surface area contributed by atoms with Crippen LogP contribution in [0.1, 0.15) is 39.2 Å². The Kier molecular flexibility index (Phi) is 2.27. The van der Waals surface area contributed by atoms with Crippen LogP contribution in [-0.2, 0) is 12.0 Å². The second kappa shape index (κ2) is 2.92. The lowest BCUT2D eigenvalue weighted by Gasteiger charge is -2.19. The monoisotopic (exact) mass is 166 g/mol. The van der Waals surface area contributed by atoms with Crippen molar-refractivity contribution in [3.05, 3.63) is 17.7 Å². The van der Waals surface area contributed by atoms with E-state index in [1.54, 1.807) is 0 Å². The fourth-order valence-corrected chi connectivity index (χ4v) is 1.46. The summed E-state index contributed by atoms with van der Waals surface area (Å²) in [4.78, 5) is 4.42. The highest BCUT2D eigenvalue weighted by molar-refractivity contribution is 5.10. The molecule has 0 aliphatic rings. The summed E-state index contributed by atoms with van der Waals surface area (Å²) in [6.07, 6.45) is 1.95. The van der Waals surface area contributed by atoms with E-state index in [4.69, 9.17) is 0 Å². The first-order valence-corrected chi connectivity index (χ1v) is 4.49. The molecule has 0 saturated carbocycles. The number of aryl methyl sites for hydroxylation is 1. The Morgan fingerprint density at radius 2 is 2.00 bits per heavy atom. The molecule has 0 aliphatic heterocycles. The van der Waals surface area contributed by atoms with Crippen molar-refractivity contribution in [2.24, 2.45) is 0 Å². The molecule has 0 saturated heterocycles. The first-order chi connectivity index (χ1) is 5.46. The van der Waals surface area contributed by atoms with Crippen LogP contribution >= 0.6 is 0 Å². The predicted molar refractivity (Wildman–Crippen MR) is 51.3 cm³/mol. The molecule has 0 spiro atoms. The molecular formula is C10H18N2. The van der Waals surface area contributed by atoms with Crippen LogP contribution in [-0.4, -0.2) is 9.55 Å². The summed E-state index contributed by atoms with van der Waals surface area (Å²) in [5.74, 6) is 1.18. The lowest BCUT2D eigenvalue weighted by molar-refractivity contribution is 0.502. The van der Waals surface area contributed by atoms with Crippen LogP contribution in [0.25, 0.3) is 0 Å². The van der Waals surface area contributed by atoms with Crippen molar-refractivity contribution in [3.63, 3.8) is 0 Å². The van der Waals surface area contributed by atoms with E-state index in [0.717, 1.165) is 6.54 Å². The fraction of sp³-hybridized carbons (Fsp3) is 0.700. The van der Waals surface area contributed by atoms with Crippen molar-refractivity contribution in [3.8, 4) is 0 Å². The molecule has 2 heteroatoms. The molecule has 0 bridgehead atoms. The molecule has 1 rings (SSSR count). The molecule has 0 fully saturated rings. The van der Waals surface area contributed by atoms with Gasteiger partial charge in [-0.2, -0.15) is 0 Å².